The Bertz CT molecular complexity index is 825. The van der Waals surface area contributed by atoms with Gasteiger partial charge in [0.15, 0.2) is 0 Å². The highest BCUT2D eigenvalue weighted by molar-refractivity contribution is 6.03. The van der Waals surface area contributed by atoms with Crippen LogP contribution in [0.1, 0.15) is 38.8 Å². The highest BCUT2D eigenvalue weighted by atomic mass is 16.5. The number of nitrogens with one attached hydrogen (secondary N) is 1. The van der Waals surface area contributed by atoms with E-state index in [2.05, 4.69) is 22.6 Å². The number of nitrogens with zero attached hydrogens (tertiary/aromatic N) is 5. The Balaban J connectivity index is 1.12. The minimum absolute atomic E-state index is 0.0116. The van der Waals surface area contributed by atoms with E-state index in [-0.39, 0.29) is 36.7 Å². The molecular formula is C23H38N6O6. The molecule has 1 aromatic heterocycles. The highest BCUT2D eigenvalue weighted by Crippen LogP contribution is 2.20. The fourth-order valence-electron chi connectivity index (χ4n) is 3.95. The van der Waals surface area contributed by atoms with Crippen molar-refractivity contribution >= 4 is 17.8 Å². The lowest BCUT2D eigenvalue weighted by Gasteiger charge is -2.30. The molecule has 0 aliphatic carbocycles. The molecule has 0 aromatic carbocycles. The fourth-order valence-corrected chi connectivity index (χ4v) is 3.95. The predicted molar refractivity (Wildman–Crippen MR) is 125 cm³/mol. The Morgan fingerprint density at radius 3 is 2.34 bits per heavy atom. The number of carbonyl (C=O) groups excluding carboxylic acids is 3. The first-order chi connectivity index (χ1) is 16.9. The van der Waals surface area contributed by atoms with Gasteiger partial charge in [-0.3, -0.25) is 14.5 Å². The molecule has 2 aliphatic rings. The van der Waals surface area contributed by atoms with E-state index in [4.69, 9.17) is 14.2 Å². The van der Waals surface area contributed by atoms with Crippen molar-refractivity contribution in [1.82, 2.24) is 30.1 Å². The van der Waals surface area contributed by atoms with E-state index in [9.17, 15) is 14.4 Å². The zero-order valence-corrected chi connectivity index (χ0v) is 20.8. The number of hydrogen-bond acceptors (Lipinski definition) is 8. The van der Waals surface area contributed by atoms with Gasteiger partial charge in [-0.05, 0) is 18.8 Å². The van der Waals surface area contributed by atoms with Crippen LogP contribution < -0.4 is 5.32 Å². The molecule has 0 saturated carbocycles. The summed E-state index contributed by atoms with van der Waals surface area (Å²) >= 11 is 0. The maximum Gasteiger partial charge on any atom is 0.317 e. The molecule has 12 heteroatoms. The van der Waals surface area contributed by atoms with Crippen molar-refractivity contribution in [3.8, 4) is 0 Å². The first-order valence-electron chi connectivity index (χ1n) is 12.4. The van der Waals surface area contributed by atoms with Crippen LogP contribution in [0.15, 0.2) is 6.20 Å². The summed E-state index contributed by atoms with van der Waals surface area (Å²) in [6.45, 7) is 9.49. The third-order valence-electron chi connectivity index (χ3n) is 6.18. The van der Waals surface area contributed by atoms with E-state index < -0.39 is 0 Å². The van der Waals surface area contributed by atoms with Gasteiger partial charge in [0, 0.05) is 32.0 Å². The summed E-state index contributed by atoms with van der Waals surface area (Å²) < 4.78 is 18.1. The SMILES string of the molecule is CC1CCN(C(=O)NCCOCCOCCOCCn2cc(CN3C(=O)CC(C)C3=O)nn2)CC1. The second-order valence-electron chi connectivity index (χ2n) is 9.13. The summed E-state index contributed by atoms with van der Waals surface area (Å²) in [4.78, 5) is 39.0. The molecule has 3 rings (SSSR count). The van der Waals surface area contributed by atoms with E-state index in [0.717, 1.165) is 25.9 Å². The molecule has 2 fully saturated rings. The average molecular weight is 495 g/mol. The van der Waals surface area contributed by atoms with Crippen LogP contribution in [0.3, 0.4) is 0 Å². The van der Waals surface area contributed by atoms with Crippen LogP contribution in [0.4, 0.5) is 4.79 Å². The van der Waals surface area contributed by atoms with Crippen molar-refractivity contribution in [2.24, 2.45) is 11.8 Å². The number of hydrogen-bond donors (Lipinski definition) is 1. The number of likely N-dealkylation sites (tertiary alicyclic amines) is 2. The van der Waals surface area contributed by atoms with E-state index in [1.807, 2.05) is 4.90 Å². The van der Waals surface area contributed by atoms with Crippen molar-refractivity contribution in [2.45, 2.75) is 46.2 Å². The summed E-state index contributed by atoms with van der Waals surface area (Å²) in [5, 5.41) is 10.9. The highest BCUT2D eigenvalue weighted by Gasteiger charge is 2.35. The monoisotopic (exact) mass is 494 g/mol. The van der Waals surface area contributed by atoms with E-state index >= 15 is 0 Å². The van der Waals surface area contributed by atoms with Gasteiger partial charge in [0.1, 0.15) is 5.69 Å². The molecule has 2 saturated heterocycles. The van der Waals surface area contributed by atoms with Crippen molar-refractivity contribution in [3.63, 3.8) is 0 Å². The topological polar surface area (TPSA) is 128 Å². The Hall–Kier alpha value is -2.57. The first-order valence-corrected chi connectivity index (χ1v) is 12.4. The summed E-state index contributed by atoms with van der Waals surface area (Å²) in [6.07, 6.45) is 4.11. The van der Waals surface area contributed by atoms with E-state index in [0.29, 0.717) is 64.3 Å². The molecule has 1 N–H and O–H groups in total. The molecule has 1 aromatic rings. The van der Waals surface area contributed by atoms with Gasteiger partial charge in [-0.2, -0.15) is 0 Å². The second kappa shape index (κ2) is 14.1. The minimum atomic E-state index is -0.263. The van der Waals surface area contributed by atoms with Crippen LogP contribution in [0.25, 0.3) is 0 Å². The van der Waals surface area contributed by atoms with Crippen molar-refractivity contribution < 1.29 is 28.6 Å². The van der Waals surface area contributed by atoms with Gasteiger partial charge in [0.05, 0.1) is 58.9 Å². The number of ether oxygens (including phenoxy) is 3. The van der Waals surface area contributed by atoms with Crippen LogP contribution >= 0.6 is 0 Å². The molecule has 0 spiro atoms. The Kier molecular flexibility index (Phi) is 10.9. The second-order valence-corrected chi connectivity index (χ2v) is 9.13. The zero-order chi connectivity index (χ0) is 25.0. The van der Waals surface area contributed by atoms with Crippen molar-refractivity contribution in [3.05, 3.63) is 11.9 Å². The largest absolute Gasteiger partial charge is 0.377 e. The van der Waals surface area contributed by atoms with Gasteiger partial charge >= 0.3 is 6.03 Å². The van der Waals surface area contributed by atoms with Crippen LogP contribution in [-0.4, -0.2) is 102 Å². The number of rotatable bonds is 14. The maximum atomic E-state index is 12.0. The first kappa shape index (κ1) is 27.0. The van der Waals surface area contributed by atoms with Crippen LogP contribution in [-0.2, 0) is 36.9 Å². The molecule has 3 heterocycles. The minimum Gasteiger partial charge on any atom is -0.377 e. The molecular weight excluding hydrogens is 456 g/mol. The number of amides is 4. The maximum absolute atomic E-state index is 12.0. The molecule has 196 valence electrons. The van der Waals surface area contributed by atoms with Gasteiger partial charge < -0.3 is 24.4 Å². The Labute approximate surface area is 206 Å². The van der Waals surface area contributed by atoms with Crippen LogP contribution in [0, 0.1) is 11.8 Å². The van der Waals surface area contributed by atoms with Crippen LogP contribution in [0.2, 0.25) is 0 Å². The lowest BCUT2D eigenvalue weighted by atomic mass is 10.00. The van der Waals surface area contributed by atoms with Gasteiger partial charge in [0.2, 0.25) is 11.8 Å². The van der Waals surface area contributed by atoms with Gasteiger partial charge in [0.25, 0.3) is 0 Å². The Morgan fingerprint density at radius 1 is 1.03 bits per heavy atom. The standard InChI is InChI=1S/C23H38N6O6/c1-18-3-6-27(7-4-18)23(32)24-5-9-33-11-13-35-14-12-34-10-8-28-16-20(25-26-28)17-29-21(30)15-19(2)22(29)31/h16,18-19H,3-15,17H2,1-2H3,(H,24,32). The fraction of sp³-hybridized carbons (Fsp3) is 0.783. The number of aromatic nitrogens is 3. The molecule has 0 bridgehead atoms. The molecule has 4 amide bonds. The third-order valence-corrected chi connectivity index (χ3v) is 6.18. The zero-order valence-electron chi connectivity index (χ0n) is 20.8. The average Bonchev–Trinajstić information content (AvgIpc) is 3.39. The summed E-state index contributed by atoms with van der Waals surface area (Å²) in [6, 6.07) is -0.0116. The Morgan fingerprint density at radius 2 is 1.69 bits per heavy atom. The van der Waals surface area contributed by atoms with Gasteiger partial charge in [-0.15, -0.1) is 5.10 Å². The molecule has 2 aliphatic heterocycles. The molecule has 1 unspecified atom stereocenters. The number of piperidine rings is 1. The normalized spacial score (nSPS) is 19.1. The summed E-state index contributed by atoms with van der Waals surface area (Å²) in [5.74, 6) is 0.111. The smallest absolute Gasteiger partial charge is 0.317 e. The van der Waals surface area contributed by atoms with Crippen molar-refractivity contribution in [2.75, 3.05) is 59.3 Å². The quantitative estimate of drug-likeness (QED) is 0.295. The number of carbonyl (C=O) groups is 3. The molecule has 12 nitrogen and oxygen atoms in total. The molecule has 35 heavy (non-hydrogen) atoms. The van der Waals surface area contributed by atoms with E-state index in [1.165, 1.54) is 4.90 Å². The lowest BCUT2D eigenvalue weighted by molar-refractivity contribution is -0.140. The molecule has 1 atom stereocenters. The van der Waals surface area contributed by atoms with E-state index in [1.54, 1.807) is 17.8 Å². The number of urea groups is 1. The summed E-state index contributed by atoms with van der Waals surface area (Å²) in [5.41, 5.74) is 0.574. The van der Waals surface area contributed by atoms with Gasteiger partial charge in [-0.25, -0.2) is 9.48 Å². The summed E-state index contributed by atoms with van der Waals surface area (Å²) in [7, 11) is 0. The molecule has 0 radical (unpaired) electrons. The van der Waals surface area contributed by atoms with Crippen LogP contribution in [0.5, 0.6) is 0 Å². The third kappa shape index (κ3) is 8.86. The lowest BCUT2D eigenvalue weighted by Crippen LogP contribution is -2.45. The van der Waals surface area contributed by atoms with Crippen molar-refractivity contribution in [1.29, 1.82) is 0 Å². The predicted octanol–water partition coefficient (Wildman–Crippen LogP) is 0.664. The number of imide groups is 1. The van der Waals surface area contributed by atoms with Gasteiger partial charge in [-0.1, -0.05) is 19.1 Å².